The number of carbonyl (C=O) groups is 5. The van der Waals surface area contributed by atoms with Crippen LogP contribution in [0.5, 0.6) is 17.2 Å². The van der Waals surface area contributed by atoms with Crippen LogP contribution in [0.3, 0.4) is 0 Å². The lowest BCUT2D eigenvalue weighted by Crippen LogP contribution is -2.10. The van der Waals surface area contributed by atoms with Crippen LogP contribution in [0.4, 0.5) is 0 Å². The average molecular weight is 697 g/mol. The number of hydrogen-bond donors (Lipinski definition) is 0. The summed E-state index contributed by atoms with van der Waals surface area (Å²) in [6, 6.07) is 1.36. The average Bonchev–Trinajstić information content (AvgIpc) is 3.53. The third-order valence-electron chi connectivity index (χ3n) is 8.91. The molecule has 10 nitrogen and oxygen atoms in total. The zero-order valence-electron chi connectivity index (χ0n) is 30.8. The molecule has 0 N–H and O–H groups in total. The van der Waals surface area contributed by atoms with Crippen LogP contribution in [0.2, 0.25) is 0 Å². The van der Waals surface area contributed by atoms with E-state index in [2.05, 4.69) is 13.8 Å². The van der Waals surface area contributed by atoms with Crippen LogP contribution < -0.4 is 14.2 Å². The predicted octanol–water partition coefficient (Wildman–Crippen LogP) is 9.54. The van der Waals surface area contributed by atoms with Crippen molar-refractivity contribution >= 4 is 35.4 Å². The first-order chi connectivity index (χ1) is 24.1. The Labute approximate surface area is 297 Å². The lowest BCUT2D eigenvalue weighted by atomic mass is 9.96. The molecule has 0 saturated heterocycles. The van der Waals surface area contributed by atoms with E-state index in [9.17, 15) is 24.0 Å². The van der Waals surface area contributed by atoms with Gasteiger partial charge in [-0.25, -0.2) is 9.59 Å². The van der Waals surface area contributed by atoms with Crippen molar-refractivity contribution in [2.75, 3.05) is 0 Å². The Hall–Kier alpha value is -3.95. The number of esters is 5. The quantitative estimate of drug-likeness (QED) is 0.0472. The fraction of sp³-hybridized carbons (Fsp3) is 0.625. The smallest absolute Gasteiger partial charge is 0.348 e. The molecule has 0 radical (unpaired) electrons. The molecular formula is C40H56O10. The number of fused-ring (bicyclic) bond motifs is 1. The van der Waals surface area contributed by atoms with Crippen molar-refractivity contribution in [2.24, 2.45) is 0 Å². The summed E-state index contributed by atoms with van der Waals surface area (Å²) in [6.07, 6.45) is 20.3. The summed E-state index contributed by atoms with van der Waals surface area (Å²) in [5, 5.41) is 0. The second-order valence-electron chi connectivity index (χ2n) is 13.3. The van der Waals surface area contributed by atoms with Gasteiger partial charge in [0.2, 0.25) is 0 Å². The van der Waals surface area contributed by atoms with E-state index in [0.717, 1.165) is 38.5 Å². The molecule has 0 aromatic heterocycles. The molecule has 0 atom stereocenters. The first-order valence-electron chi connectivity index (χ1n) is 18.8. The van der Waals surface area contributed by atoms with E-state index in [-0.39, 0.29) is 45.5 Å². The monoisotopic (exact) mass is 696 g/mol. The van der Waals surface area contributed by atoms with Gasteiger partial charge in [0.05, 0.1) is 5.57 Å². The van der Waals surface area contributed by atoms with Gasteiger partial charge in [-0.05, 0) is 31.7 Å². The van der Waals surface area contributed by atoms with Crippen molar-refractivity contribution in [3.8, 4) is 17.2 Å². The fourth-order valence-corrected chi connectivity index (χ4v) is 6.45. The maximum atomic E-state index is 13.6. The molecule has 1 aromatic rings. The number of hydrogen-bond acceptors (Lipinski definition) is 10. The van der Waals surface area contributed by atoms with Crippen molar-refractivity contribution in [1.29, 1.82) is 0 Å². The highest BCUT2D eigenvalue weighted by Crippen LogP contribution is 2.50. The van der Waals surface area contributed by atoms with Gasteiger partial charge in [-0.1, -0.05) is 117 Å². The van der Waals surface area contributed by atoms with E-state index in [0.29, 0.717) is 31.2 Å². The number of unbranched alkanes of at least 4 members (excludes halogenated alkanes) is 16. The van der Waals surface area contributed by atoms with Crippen molar-refractivity contribution in [3.05, 3.63) is 34.3 Å². The lowest BCUT2D eigenvalue weighted by molar-refractivity contribution is -0.137. The molecule has 50 heavy (non-hydrogen) atoms. The van der Waals surface area contributed by atoms with Gasteiger partial charge in [0.1, 0.15) is 11.3 Å². The molecule has 10 heteroatoms. The van der Waals surface area contributed by atoms with Gasteiger partial charge in [-0.3, -0.25) is 14.4 Å². The van der Waals surface area contributed by atoms with Gasteiger partial charge in [0.15, 0.2) is 23.0 Å². The number of benzene rings is 1. The third-order valence-corrected chi connectivity index (χ3v) is 8.91. The summed E-state index contributed by atoms with van der Waals surface area (Å²) >= 11 is 0. The van der Waals surface area contributed by atoms with Gasteiger partial charge < -0.3 is 23.7 Å². The second-order valence-corrected chi connectivity index (χ2v) is 13.3. The predicted molar refractivity (Wildman–Crippen MR) is 189 cm³/mol. The molecule has 0 spiro atoms. The number of cyclic esters (lactones) is 1. The molecule has 2 aliphatic heterocycles. The fourth-order valence-electron chi connectivity index (χ4n) is 6.45. The molecule has 0 fully saturated rings. The molecular weight excluding hydrogens is 640 g/mol. The Morgan fingerprint density at radius 2 is 1.06 bits per heavy atom. The summed E-state index contributed by atoms with van der Waals surface area (Å²) < 4.78 is 28.0. The minimum atomic E-state index is -0.834. The van der Waals surface area contributed by atoms with Crippen LogP contribution in [-0.2, 0) is 39.9 Å². The maximum Gasteiger partial charge on any atom is 0.348 e. The van der Waals surface area contributed by atoms with E-state index >= 15 is 0 Å². The zero-order chi connectivity index (χ0) is 36.5. The largest absolute Gasteiger partial charge is 0.423 e. The highest BCUT2D eigenvalue weighted by Gasteiger charge is 2.43. The lowest BCUT2D eigenvalue weighted by Gasteiger charge is -2.16. The topological polar surface area (TPSA) is 132 Å². The first-order valence-corrected chi connectivity index (χ1v) is 18.8. The molecule has 276 valence electrons. The van der Waals surface area contributed by atoms with Crippen LogP contribution in [0, 0.1) is 0 Å². The minimum absolute atomic E-state index is 0.00436. The van der Waals surface area contributed by atoms with Crippen molar-refractivity contribution < 1.29 is 47.7 Å². The minimum Gasteiger partial charge on any atom is -0.423 e. The Balaban J connectivity index is 1.93. The summed E-state index contributed by atoms with van der Waals surface area (Å²) in [5.41, 5.74) is 0.615. The van der Waals surface area contributed by atoms with Crippen LogP contribution in [0.1, 0.15) is 168 Å². The third kappa shape index (κ3) is 12.1. The Morgan fingerprint density at radius 1 is 0.580 bits per heavy atom. The molecule has 2 heterocycles. The molecule has 0 saturated carbocycles. The van der Waals surface area contributed by atoms with E-state index in [1.165, 1.54) is 91.0 Å². The Kier molecular flexibility index (Phi) is 17.3. The number of carbonyl (C=O) groups excluding carboxylic acids is 5. The summed E-state index contributed by atoms with van der Waals surface area (Å²) in [5.74, 6) is -3.80. The standard InChI is InChI=1S/C40H56O10/c1-6-8-10-12-14-16-18-20-22-24-30-35-32(26-33(46-27(3)41)36(30)47-28(4)42)34(40(45)49-35)38-37(48-29(5)43)31(39(44)50-38)25-23-21-19-17-15-13-11-9-7-2/h26H,6-25H2,1-5H3/b38-34+. The molecule has 0 aliphatic carbocycles. The second kappa shape index (κ2) is 21.3. The molecule has 2 aliphatic rings. The number of rotatable bonds is 23. The van der Waals surface area contributed by atoms with Crippen LogP contribution >= 0.6 is 0 Å². The van der Waals surface area contributed by atoms with E-state index < -0.39 is 29.8 Å². The summed E-state index contributed by atoms with van der Waals surface area (Å²) in [6.45, 7) is 8.05. The first kappa shape index (κ1) is 40.5. The van der Waals surface area contributed by atoms with E-state index in [4.69, 9.17) is 23.7 Å². The highest BCUT2D eigenvalue weighted by atomic mass is 16.6. The summed E-state index contributed by atoms with van der Waals surface area (Å²) in [4.78, 5) is 63.4. The van der Waals surface area contributed by atoms with Gasteiger partial charge in [-0.2, -0.15) is 0 Å². The summed E-state index contributed by atoms with van der Waals surface area (Å²) in [7, 11) is 0. The Bertz CT molecular complexity index is 1430. The molecule has 0 amide bonds. The van der Waals surface area contributed by atoms with Crippen molar-refractivity contribution in [1.82, 2.24) is 0 Å². The molecule has 0 bridgehead atoms. The normalized spacial score (nSPS) is 15.2. The SMILES string of the molecule is CCCCCCCCCCCC1=C(OC(C)=O)/C(=C2\C(=O)Oc3c2cc(OC(C)=O)c(OC(C)=O)c3CCCCCCCCCCC)OC1=O. The van der Waals surface area contributed by atoms with Crippen molar-refractivity contribution in [2.45, 2.75) is 163 Å². The van der Waals surface area contributed by atoms with Gasteiger partial charge in [-0.15, -0.1) is 0 Å². The van der Waals surface area contributed by atoms with Crippen LogP contribution in [0.25, 0.3) is 5.57 Å². The Morgan fingerprint density at radius 3 is 1.56 bits per heavy atom. The molecule has 3 rings (SSSR count). The van der Waals surface area contributed by atoms with Gasteiger partial charge >= 0.3 is 29.8 Å². The number of ether oxygens (including phenoxy) is 5. The highest BCUT2D eigenvalue weighted by molar-refractivity contribution is 6.24. The van der Waals surface area contributed by atoms with Crippen LogP contribution in [-0.4, -0.2) is 29.8 Å². The van der Waals surface area contributed by atoms with E-state index in [1.54, 1.807) is 0 Å². The van der Waals surface area contributed by atoms with Crippen molar-refractivity contribution in [3.63, 3.8) is 0 Å². The molecule has 1 aromatic carbocycles. The van der Waals surface area contributed by atoms with Gasteiger partial charge in [0.25, 0.3) is 0 Å². The van der Waals surface area contributed by atoms with Gasteiger partial charge in [0, 0.05) is 31.9 Å². The maximum absolute atomic E-state index is 13.6. The zero-order valence-corrected chi connectivity index (χ0v) is 30.8. The molecule has 0 unspecified atom stereocenters. The van der Waals surface area contributed by atoms with Crippen LogP contribution in [0.15, 0.2) is 23.2 Å². The van der Waals surface area contributed by atoms with E-state index in [1.807, 2.05) is 0 Å².